The van der Waals surface area contributed by atoms with E-state index in [1.807, 2.05) is 18.7 Å². The van der Waals surface area contributed by atoms with Crippen molar-refractivity contribution < 1.29 is 9.90 Å². The number of hydrogen-bond donors (Lipinski definition) is 2. The van der Waals surface area contributed by atoms with Crippen LogP contribution in [0.4, 0.5) is 0 Å². The van der Waals surface area contributed by atoms with Gasteiger partial charge in [-0.15, -0.1) is 0 Å². The smallest absolute Gasteiger partial charge is 0.239 e. The first-order valence-corrected chi connectivity index (χ1v) is 6.99. The third kappa shape index (κ3) is 3.95. The maximum absolute atomic E-state index is 12.2. The van der Waals surface area contributed by atoms with Crippen LogP contribution in [0.2, 0.25) is 0 Å². The number of rotatable bonds is 5. The fraction of sp³-hybridized carbons (Fsp3) is 0.857. The van der Waals surface area contributed by atoms with E-state index in [1.165, 1.54) is 0 Å². The lowest BCUT2D eigenvalue weighted by Crippen LogP contribution is -2.51. The molecule has 0 aliphatic carbocycles. The van der Waals surface area contributed by atoms with Crippen molar-refractivity contribution in [2.75, 3.05) is 13.1 Å². The SMILES string of the molecule is [CH2]CCC(O)[C@@H]1CCCN(C(=O)[C@@H](N)C(C)C)C1. The van der Waals surface area contributed by atoms with Crippen molar-refractivity contribution in [1.82, 2.24) is 4.90 Å². The van der Waals surface area contributed by atoms with Crippen molar-refractivity contribution >= 4 is 5.91 Å². The molecule has 1 amide bonds. The number of nitrogens with two attached hydrogens (primary N) is 1. The molecule has 1 saturated heterocycles. The van der Waals surface area contributed by atoms with Crippen LogP contribution in [0.25, 0.3) is 0 Å². The fourth-order valence-electron chi connectivity index (χ4n) is 2.47. The van der Waals surface area contributed by atoms with E-state index in [0.29, 0.717) is 13.0 Å². The van der Waals surface area contributed by atoms with Crippen molar-refractivity contribution in [3.8, 4) is 0 Å². The van der Waals surface area contributed by atoms with Gasteiger partial charge in [0.15, 0.2) is 0 Å². The summed E-state index contributed by atoms with van der Waals surface area (Å²) in [6.07, 6.45) is 3.05. The third-order valence-corrected chi connectivity index (χ3v) is 3.82. The molecule has 4 nitrogen and oxygen atoms in total. The van der Waals surface area contributed by atoms with E-state index in [0.717, 1.165) is 25.8 Å². The molecule has 0 saturated carbocycles. The van der Waals surface area contributed by atoms with Gasteiger partial charge in [0.25, 0.3) is 0 Å². The average Bonchev–Trinajstić information content (AvgIpc) is 2.37. The van der Waals surface area contributed by atoms with Crippen LogP contribution >= 0.6 is 0 Å². The zero-order valence-corrected chi connectivity index (χ0v) is 11.6. The Kier molecular flexibility index (Phi) is 6.09. The molecular weight excluding hydrogens is 228 g/mol. The first kappa shape index (κ1) is 15.4. The van der Waals surface area contributed by atoms with E-state index in [-0.39, 0.29) is 23.8 Å². The number of amides is 1. The van der Waals surface area contributed by atoms with E-state index < -0.39 is 6.04 Å². The number of hydrogen-bond acceptors (Lipinski definition) is 3. The van der Waals surface area contributed by atoms with Gasteiger partial charge < -0.3 is 15.7 Å². The molecule has 1 aliphatic rings. The molecule has 0 spiro atoms. The van der Waals surface area contributed by atoms with Gasteiger partial charge in [-0.1, -0.05) is 27.2 Å². The minimum atomic E-state index is -0.422. The zero-order chi connectivity index (χ0) is 13.7. The van der Waals surface area contributed by atoms with Crippen LogP contribution in [0.15, 0.2) is 0 Å². The molecular formula is C14H27N2O2. The van der Waals surface area contributed by atoms with Gasteiger partial charge in [-0.05, 0) is 25.2 Å². The van der Waals surface area contributed by atoms with Gasteiger partial charge in [-0.25, -0.2) is 0 Å². The second kappa shape index (κ2) is 7.10. The second-order valence-corrected chi connectivity index (χ2v) is 5.67. The highest BCUT2D eigenvalue weighted by atomic mass is 16.3. The summed E-state index contributed by atoms with van der Waals surface area (Å²) in [7, 11) is 0. The van der Waals surface area contributed by atoms with Crippen LogP contribution < -0.4 is 5.73 Å². The molecule has 1 radical (unpaired) electrons. The number of carbonyl (C=O) groups excluding carboxylic acids is 1. The quantitative estimate of drug-likeness (QED) is 0.775. The minimum Gasteiger partial charge on any atom is -0.393 e. The highest BCUT2D eigenvalue weighted by molar-refractivity contribution is 5.82. The molecule has 4 heteroatoms. The molecule has 1 unspecified atom stereocenters. The number of piperidine rings is 1. The van der Waals surface area contributed by atoms with Gasteiger partial charge in [0.1, 0.15) is 0 Å². The number of nitrogens with zero attached hydrogens (tertiary/aromatic N) is 1. The standard InChI is InChI=1S/C14H27N2O2/c1-4-6-12(17)11-7-5-8-16(9-11)14(18)13(15)10(2)3/h10-13,17H,1,4-9,15H2,2-3H3/t11-,12?,13+/m1/s1. The summed E-state index contributed by atoms with van der Waals surface area (Å²) in [5.74, 6) is 0.364. The van der Waals surface area contributed by atoms with E-state index >= 15 is 0 Å². The van der Waals surface area contributed by atoms with Crippen LogP contribution in [0.5, 0.6) is 0 Å². The Labute approximate surface area is 111 Å². The van der Waals surface area contributed by atoms with Crippen LogP contribution in [-0.4, -0.2) is 41.1 Å². The normalized spacial score (nSPS) is 24.1. The summed E-state index contributed by atoms with van der Waals surface area (Å²) in [5.41, 5.74) is 5.91. The predicted octanol–water partition coefficient (Wildman–Crippen LogP) is 1.18. The number of carbonyl (C=O) groups is 1. The molecule has 0 bridgehead atoms. The van der Waals surface area contributed by atoms with Crippen LogP contribution in [0, 0.1) is 18.8 Å². The molecule has 0 aromatic rings. The van der Waals surface area contributed by atoms with Gasteiger partial charge >= 0.3 is 0 Å². The molecule has 0 aromatic heterocycles. The summed E-state index contributed by atoms with van der Waals surface area (Å²) < 4.78 is 0. The summed E-state index contributed by atoms with van der Waals surface area (Å²) in [6.45, 7) is 9.10. The molecule has 1 heterocycles. The number of aliphatic hydroxyl groups is 1. The van der Waals surface area contributed by atoms with E-state index in [4.69, 9.17) is 5.73 Å². The zero-order valence-electron chi connectivity index (χ0n) is 11.6. The Bertz CT molecular complexity index is 269. The van der Waals surface area contributed by atoms with Crippen molar-refractivity contribution in [2.45, 2.75) is 51.7 Å². The molecule has 3 N–H and O–H groups in total. The molecule has 0 aromatic carbocycles. The van der Waals surface area contributed by atoms with Crippen molar-refractivity contribution in [1.29, 1.82) is 0 Å². The molecule has 18 heavy (non-hydrogen) atoms. The molecule has 3 atom stereocenters. The van der Waals surface area contributed by atoms with Gasteiger partial charge in [-0.2, -0.15) is 0 Å². The topological polar surface area (TPSA) is 66.6 Å². The van der Waals surface area contributed by atoms with Gasteiger partial charge in [0.05, 0.1) is 12.1 Å². The molecule has 1 aliphatic heterocycles. The first-order chi connectivity index (χ1) is 8.47. The average molecular weight is 255 g/mol. The third-order valence-electron chi connectivity index (χ3n) is 3.82. The monoisotopic (exact) mass is 255 g/mol. The maximum atomic E-state index is 12.2. The predicted molar refractivity (Wildman–Crippen MR) is 72.7 cm³/mol. The Morgan fingerprint density at radius 1 is 1.56 bits per heavy atom. The van der Waals surface area contributed by atoms with Crippen LogP contribution in [0.3, 0.4) is 0 Å². The largest absolute Gasteiger partial charge is 0.393 e. The molecule has 105 valence electrons. The van der Waals surface area contributed by atoms with Crippen LogP contribution in [0.1, 0.15) is 39.5 Å². The lowest BCUT2D eigenvalue weighted by atomic mass is 9.89. The Morgan fingerprint density at radius 2 is 2.22 bits per heavy atom. The minimum absolute atomic E-state index is 0.0246. The first-order valence-electron chi connectivity index (χ1n) is 6.99. The van der Waals surface area contributed by atoms with Crippen LogP contribution in [-0.2, 0) is 4.79 Å². The number of likely N-dealkylation sites (tertiary alicyclic amines) is 1. The van der Waals surface area contributed by atoms with E-state index in [2.05, 4.69) is 6.92 Å². The van der Waals surface area contributed by atoms with Crippen molar-refractivity contribution in [2.24, 2.45) is 17.6 Å². The fourth-order valence-corrected chi connectivity index (χ4v) is 2.47. The van der Waals surface area contributed by atoms with Gasteiger partial charge in [0.2, 0.25) is 5.91 Å². The highest BCUT2D eigenvalue weighted by Crippen LogP contribution is 2.23. The van der Waals surface area contributed by atoms with E-state index in [1.54, 1.807) is 0 Å². The maximum Gasteiger partial charge on any atom is 0.239 e. The highest BCUT2D eigenvalue weighted by Gasteiger charge is 2.31. The number of aliphatic hydroxyl groups excluding tert-OH is 1. The summed E-state index contributed by atoms with van der Waals surface area (Å²) in [6, 6.07) is -0.422. The van der Waals surface area contributed by atoms with Gasteiger partial charge in [-0.3, -0.25) is 4.79 Å². The Balaban J connectivity index is 2.55. The lowest BCUT2D eigenvalue weighted by Gasteiger charge is -2.36. The Morgan fingerprint density at radius 3 is 2.78 bits per heavy atom. The lowest BCUT2D eigenvalue weighted by molar-refractivity contribution is -0.136. The summed E-state index contributed by atoms with van der Waals surface area (Å²) in [4.78, 5) is 14.0. The summed E-state index contributed by atoms with van der Waals surface area (Å²) in [5, 5.41) is 10.0. The molecule has 1 fully saturated rings. The van der Waals surface area contributed by atoms with E-state index in [9.17, 15) is 9.90 Å². The van der Waals surface area contributed by atoms with Crippen molar-refractivity contribution in [3.05, 3.63) is 6.92 Å². The van der Waals surface area contributed by atoms with Crippen molar-refractivity contribution in [3.63, 3.8) is 0 Å². The summed E-state index contributed by atoms with van der Waals surface area (Å²) >= 11 is 0. The molecule has 1 rings (SSSR count). The second-order valence-electron chi connectivity index (χ2n) is 5.67. The van der Waals surface area contributed by atoms with Gasteiger partial charge in [0, 0.05) is 19.0 Å². The Hall–Kier alpha value is -0.610.